The van der Waals surface area contributed by atoms with Gasteiger partial charge in [-0.25, -0.2) is 0 Å². The van der Waals surface area contributed by atoms with Crippen molar-refractivity contribution < 1.29 is 4.52 Å². The van der Waals surface area contributed by atoms with Crippen LogP contribution in [0, 0.1) is 6.92 Å². The minimum Gasteiger partial charge on any atom is -0.328 e. The van der Waals surface area contributed by atoms with Gasteiger partial charge in [-0.05, 0) is 19.8 Å². The Morgan fingerprint density at radius 3 is 2.40 bits per heavy atom. The van der Waals surface area contributed by atoms with Gasteiger partial charge in [0.15, 0.2) is 5.82 Å². The average Bonchev–Trinajstić information content (AvgIpc) is 2.69. The number of aryl methyl sites for hydroxylation is 1. The van der Waals surface area contributed by atoms with E-state index in [2.05, 4.69) is 15.0 Å². The number of piperidine rings is 1. The highest BCUT2D eigenvalue weighted by molar-refractivity contribution is 5.25. The van der Waals surface area contributed by atoms with Crippen LogP contribution in [0.15, 0.2) is 4.52 Å². The number of hydrogen-bond donors (Lipinski definition) is 1. The van der Waals surface area contributed by atoms with Gasteiger partial charge in [-0.3, -0.25) is 0 Å². The van der Waals surface area contributed by atoms with Crippen LogP contribution in [0.2, 0.25) is 0 Å². The number of anilines is 1. The number of hydrogen-bond acceptors (Lipinski definition) is 5. The minimum absolute atomic E-state index is 0.334. The zero-order chi connectivity index (χ0) is 11.3. The molecule has 0 radical (unpaired) electrons. The lowest BCUT2D eigenvalue weighted by atomic mass is 10.1. The maximum absolute atomic E-state index is 5.79. The van der Waals surface area contributed by atoms with Crippen LogP contribution in [0.1, 0.15) is 32.5 Å². The second kappa shape index (κ2) is 5.70. The van der Waals surface area contributed by atoms with Gasteiger partial charge in [-0.1, -0.05) is 19.0 Å². The molecule has 0 aromatic carbocycles. The van der Waals surface area contributed by atoms with Crippen molar-refractivity contribution in [2.45, 2.75) is 39.7 Å². The first-order valence-corrected chi connectivity index (χ1v) is 5.56. The normalized spacial score (nSPS) is 17.2. The molecule has 2 rings (SSSR count). The molecule has 1 saturated heterocycles. The van der Waals surface area contributed by atoms with Crippen molar-refractivity contribution in [3.63, 3.8) is 0 Å². The van der Waals surface area contributed by atoms with Gasteiger partial charge in [-0.15, -0.1) is 0 Å². The molecule has 2 N–H and O–H groups in total. The first-order chi connectivity index (χ1) is 7.25. The molecule has 0 amide bonds. The van der Waals surface area contributed by atoms with Gasteiger partial charge in [0.1, 0.15) is 0 Å². The van der Waals surface area contributed by atoms with E-state index >= 15 is 0 Å². The van der Waals surface area contributed by atoms with Crippen LogP contribution in [-0.4, -0.2) is 29.3 Å². The number of nitrogens with zero attached hydrogens (tertiary/aromatic N) is 3. The summed E-state index contributed by atoms with van der Waals surface area (Å²) in [5.41, 5.74) is 5.79. The summed E-state index contributed by atoms with van der Waals surface area (Å²) in [6, 6.07) is 0.963. The van der Waals surface area contributed by atoms with E-state index in [1.54, 1.807) is 0 Å². The van der Waals surface area contributed by atoms with Crippen molar-refractivity contribution >= 4 is 6.01 Å². The maximum Gasteiger partial charge on any atom is 0.324 e. The molecule has 1 aliphatic heterocycles. The Bertz CT molecular complexity index is 279. The lowest BCUT2D eigenvalue weighted by Gasteiger charge is -2.28. The second-order valence-corrected chi connectivity index (χ2v) is 3.45. The molecule has 2 heterocycles. The summed E-state index contributed by atoms with van der Waals surface area (Å²) in [4.78, 5) is 6.25. The van der Waals surface area contributed by atoms with Gasteiger partial charge >= 0.3 is 6.01 Å². The lowest BCUT2D eigenvalue weighted by Crippen LogP contribution is -2.39. The molecule has 0 unspecified atom stereocenters. The van der Waals surface area contributed by atoms with Gasteiger partial charge in [0, 0.05) is 19.1 Å². The molecule has 0 spiro atoms. The quantitative estimate of drug-likeness (QED) is 0.760. The summed E-state index contributed by atoms with van der Waals surface area (Å²) >= 11 is 0. The minimum atomic E-state index is 0.334. The Kier molecular flexibility index (Phi) is 4.55. The van der Waals surface area contributed by atoms with E-state index in [1.807, 2.05) is 20.8 Å². The third-order valence-electron chi connectivity index (χ3n) is 2.33. The van der Waals surface area contributed by atoms with E-state index in [1.165, 1.54) is 0 Å². The molecule has 1 fully saturated rings. The third kappa shape index (κ3) is 3.20. The molecule has 15 heavy (non-hydrogen) atoms. The van der Waals surface area contributed by atoms with Crippen molar-refractivity contribution in [2.24, 2.45) is 5.73 Å². The van der Waals surface area contributed by atoms with Gasteiger partial charge in [0.25, 0.3) is 0 Å². The van der Waals surface area contributed by atoms with Crippen LogP contribution in [0.3, 0.4) is 0 Å². The second-order valence-electron chi connectivity index (χ2n) is 3.45. The molecule has 0 aliphatic carbocycles. The van der Waals surface area contributed by atoms with E-state index in [4.69, 9.17) is 10.3 Å². The van der Waals surface area contributed by atoms with Gasteiger partial charge in [0.2, 0.25) is 0 Å². The van der Waals surface area contributed by atoms with Crippen LogP contribution in [0.4, 0.5) is 6.01 Å². The van der Waals surface area contributed by atoms with Crippen molar-refractivity contribution in [2.75, 3.05) is 18.0 Å². The Morgan fingerprint density at radius 2 is 1.93 bits per heavy atom. The fourth-order valence-corrected chi connectivity index (χ4v) is 1.51. The molecule has 1 aliphatic rings. The topological polar surface area (TPSA) is 68.2 Å². The van der Waals surface area contributed by atoms with Crippen molar-refractivity contribution in [1.29, 1.82) is 0 Å². The first kappa shape index (κ1) is 12.0. The highest BCUT2D eigenvalue weighted by Crippen LogP contribution is 2.16. The fraction of sp³-hybridized carbons (Fsp3) is 0.800. The molecule has 0 saturated carbocycles. The number of rotatable bonds is 1. The van der Waals surface area contributed by atoms with Gasteiger partial charge in [-0.2, -0.15) is 4.98 Å². The SMILES string of the molecule is CC.Cc1noc(N2CCC(N)CC2)n1. The van der Waals surface area contributed by atoms with E-state index in [-0.39, 0.29) is 0 Å². The molecule has 86 valence electrons. The largest absolute Gasteiger partial charge is 0.328 e. The monoisotopic (exact) mass is 212 g/mol. The predicted octanol–water partition coefficient (Wildman–Crippen LogP) is 1.33. The van der Waals surface area contributed by atoms with E-state index in [0.717, 1.165) is 25.9 Å². The molecule has 1 aromatic heterocycles. The molecular weight excluding hydrogens is 192 g/mol. The highest BCUT2D eigenvalue weighted by Gasteiger charge is 2.19. The van der Waals surface area contributed by atoms with Crippen molar-refractivity contribution in [3.05, 3.63) is 5.82 Å². The highest BCUT2D eigenvalue weighted by atomic mass is 16.5. The van der Waals surface area contributed by atoms with Crippen molar-refractivity contribution in [1.82, 2.24) is 10.1 Å². The van der Waals surface area contributed by atoms with Crippen LogP contribution in [0.5, 0.6) is 0 Å². The smallest absolute Gasteiger partial charge is 0.324 e. The third-order valence-corrected chi connectivity index (χ3v) is 2.33. The Morgan fingerprint density at radius 1 is 1.33 bits per heavy atom. The number of aromatic nitrogens is 2. The Hall–Kier alpha value is -1.10. The summed E-state index contributed by atoms with van der Waals surface area (Å²) in [5, 5.41) is 3.75. The fourth-order valence-electron chi connectivity index (χ4n) is 1.51. The average molecular weight is 212 g/mol. The van der Waals surface area contributed by atoms with Crippen LogP contribution in [-0.2, 0) is 0 Å². The molecule has 0 bridgehead atoms. The summed E-state index contributed by atoms with van der Waals surface area (Å²) in [7, 11) is 0. The molecular formula is C10H20N4O. The zero-order valence-electron chi connectivity index (χ0n) is 9.73. The maximum atomic E-state index is 5.79. The van der Waals surface area contributed by atoms with Gasteiger partial charge in [0.05, 0.1) is 0 Å². The van der Waals surface area contributed by atoms with Gasteiger partial charge < -0.3 is 15.2 Å². The molecule has 5 nitrogen and oxygen atoms in total. The van der Waals surface area contributed by atoms with Crippen LogP contribution < -0.4 is 10.6 Å². The lowest BCUT2D eigenvalue weighted by molar-refractivity contribution is 0.390. The Balaban J connectivity index is 0.000000531. The summed E-state index contributed by atoms with van der Waals surface area (Å²) in [6.45, 7) is 7.66. The van der Waals surface area contributed by atoms with Crippen molar-refractivity contribution in [3.8, 4) is 0 Å². The molecule has 1 aromatic rings. The van der Waals surface area contributed by atoms with Crippen LogP contribution in [0.25, 0.3) is 0 Å². The summed E-state index contributed by atoms with van der Waals surface area (Å²) in [6.07, 6.45) is 2.00. The standard InChI is InChI=1S/C8H14N4O.C2H6/c1-6-10-8(13-11-6)12-4-2-7(9)3-5-12;1-2/h7H,2-5,9H2,1H3;1-2H3. The van der Waals surface area contributed by atoms with E-state index in [0.29, 0.717) is 17.9 Å². The molecule has 5 heteroatoms. The number of nitrogens with two attached hydrogens (primary N) is 1. The summed E-state index contributed by atoms with van der Waals surface area (Å²) < 4.78 is 5.06. The van der Waals surface area contributed by atoms with E-state index in [9.17, 15) is 0 Å². The van der Waals surface area contributed by atoms with Crippen LogP contribution >= 0.6 is 0 Å². The first-order valence-electron chi connectivity index (χ1n) is 5.56. The predicted molar refractivity (Wildman–Crippen MR) is 59.8 cm³/mol. The zero-order valence-corrected chi connectivity index (χ0v) is 9.73. The van der Waals surface area contributed by atoms with E-state index < -0.39 is 0 Å². The molecule has 0 atom stereocenters. The summed E-state index contributed by atoms with van der Waals surface area (Å²) in [5.74, 6) is 0.685. The Labute approximate surface area is 90.6 Å².